The van der Waals surface area contributed by atoms with Gasteiger partial charge in [0.1, 0.15) is 6.10 Å². The van der Waals surface area contributed by atoms with E-state index in [2.05, 4.69) is 61.2 Å². The van der Waals surface area contributed by atoms with Gasteiger partial charge < -0.3 is 17.1 Å². The van der Waals surface area contributed by atoms with Crippen molar-refractivity contribution >= 4 is 17.0 Å². The van der Waals surface area contributed by atoms with Crippen molar-refractivity contribution in [3.8, 4) is 11.4 Å². The van der Waals surface area contributed by atoms with Gasteiger partial charge >= 0.3 is 5.97 Å². The SMILES string of the molecule is CC1CCC(C(C)C)C(OC(=O)Cn2c(-c3ccccc3)[n+](C)c3ccccc32)C1.[Cl-]. The molecule has 1 aromatic heterocycles. The third-order valence-electron chi connectivity index (χ3n) is 6.67. The molecule has 3 aromatic rings. The highest BCUT2D eigenvalue weighted by atomic mass is 35.5. The summed E-state index contributed by atoms with van der Waals surface area (Å²) in [6.07, 6.45) is 3.37. The number of para-hydroxylation sites is 2. The minimum Gasteiger partial charge on any atom is -1.00 e. The molecule has 3 atom stereocenters. The third-order valence-corrected chi connectivity index (χ3v) is 6.67. The summed E-state index contributed by atoms with van der Waals surface area (Å²) in [5, 5.41) is 0. The smallest absolute Gasteiger partial charge is 0.348 e. The number of ether oxygens (including phenoxy) is 1. The van der Waals surface area contributed by atoms with Crippen molar-refractivity contribution in [2.45, 2.75) is 52.7 Å². The van der Waals surface area contributed by atoms with Gasteiger partial charge in [-0.05, 0) is 54.9 Å². The number of carbonyl (C=O) groups excluding carboxylic acids is 1. The normalized spacial score (nSPS) is 21.1. The minimum absolute atomic E-state index is 0. The fraction of sp³-hybridized carbons (Fsp3) is 0.462. The molecule has 1 heterocycles. The fourth-order valence-electron chi connectivity index (χ4n) is 5.07. The summed E-state index contributed by atoms with van der Waals surface area (Å²) in [4.78, 5) is 13.1. The van der Waals surface area contributed by atoms with Gasteiger partial charge in [0.05, 0.1) is 12.6 Å². The number of aromatic nitrogens is 2. The molecule has 1 saturated carbocycles. The van der Waals surface area contributed by atoms with E-state index in [1.54, 1.807) is 0 Å². The Kier molecular flexibility index (Phi) is 7.42. The van der Waals surface area contributed by atoms with Gasteiger partial charge in [-0.3, -0.25) is 0 Å². The second-order valence-corrected chi connectivity index (χ2v) is 9.18. The number of hydrogen-bond acceptors (Lipinski definition) is 2. The Morgan fingerprint density at radius 3 is 2.48 bits per heavy atom. The number of imidazole rings is 1. The highest BCUT2D eigenvalue weighted by molar-refractivity contribution is 5.79. The summed E-state index contributed by atoms with van der Waals surface area (Å²) in [5.41, 5.74) is 3.25. The molecule has 1 fully saturated rings. The van der Waals surface area contributed by atoms with Crippen LogP contribution in [0.5, 0.6) is 0 Å². The fourth-order valence-corrected chi connectivity index (χ4v) is 5.07. The Hall–Kier alpha value is -2.33. The van der Waals surface area contributed by atoms with E-state index in [9.17, 15) is 4.79 Å². The van der Waals surface area contributed by atoms with Crippen molar-refractivity contribution < 1.29 is 26.5 Å². The van der Waals surface area contributed by atoms with Crippen LogP contribution in [0.1, 0.15) is 40.0 Å². The maximum atomic E-state index is 13.1. The summed E-state index contributed by atoms with van der Waals surface area (Å²) in [6, 6.07) is 18.5. The highest BCUT2D eigenvalue weighted by Crippen LogP contribution is 2.35. The second-order valence-electron chi connectivity index (χ2n) is 9.18. The highest BCUT2D eigenvalue weighted by Gasteiger charge is 2.34. The monoisotopic (exact) mass is 440 g/mol. The molecular formula is C26H33ClN2O2. The van der Waals surface area contributed by atoms with Gasteiger partial charge in [-0.25, -0.2) is 13.9 Å². The molecular weight excluding hydrogens is 408 g/mol. The zero-order chi connectivity index (χ0) is 21.3. The van der Waals surface area contributed by atoms with Crippen LogP contribution in [0.25, 0.3) is 22.4 Å². The summed E-state index contributed by atoms with van der Waals surface area (Å²) in [6.45, 7) is 6.98. The first-order valence-corrected chi connectivity index (χ1v) is 11.2. The largest absolute Gasteiger partial charge is 1.00 e. The second kappa shape index (κ2) is 9.86. The van der Waals surface area contributed by atoms with Gasteiger partial charge in [0.15, 0.2) is 17.6 Å². The van der Waals surface area contributed by atoms with Crippen LogP contribution in [0.2, 0.25) is 0 Å². The molecule has 0 amide bonds. The molecule has 0 bridgehead atoms. The lowest BCUT2D eigenvalue weighted by atomic mass is 9.75. The number of aryl methyl sites for hydroxylation is 1. The van der Waals surface area contributed by atoms with E-state index in [0.29, 0.717) is 17.8 Å². The number of halogens is 1. The van der Waals surface area contributed by atoms with Crippen molar-refractivity contribution in [2.75, 3.05) is 0 Å². The van der Waals surface area contributed by atoms with E-state index in [4.69, 9.17) is 4.74 Å². The van der Waals surface area contributed by atoms with Crippen molar-refractivity contribution in [1.82, 2.24) is 4.57 Å². The Morgan fingerprint density at radius 2 is 1.77 bits per heavy atom. The first-order chi connectivity index (χ1) is 14.5. The molecule has 3 unspecified atom stereocenters. The van der Waals surface area contributed by atoms with Gasteiger partial charge in [0.2, 0.25) is 0 Å². The molecule has 4 rings (SSSR count). The molecule has 166 valence electrons. The molecule has 31 heavy (non-hydrogen) atoms. The van der Waals surface area contributed by atoms with E-state index in [1.165, 1.54) is 6.42 Å². The summed E-state index contributed by atoms with van der Waals surface area (Å²) >= 11 is 0. The topological polar surface area (TPSA) is 35.1 Å². The number of nitrogens with zero attached hydrogens (tertiary/aromatic N) is 2. The Labute approximate surface area is 191 Å². The number of rotatable bonds is 5. The summed E-state index contributed by atoms with van der Waals surface area (Å²) in [5.74, 6) is 2.48. The van der Waals surface area contributed by atoms with E-state index in [0.717, 1.165) is 35.3 Å². The summed E-state index contributed by atoms with van der Waals surface area (Å²) in [7, 11) is 2.06. The van der Waals surface area contributed by atoms with Crippen molar-refractivity contribution in [1.29, 1.82) is 0 Å². The lowest BCUT2D eigenvalue weighted by Crippen LogP contribution is -3.00. The predicted octanol–water partition coefficient (Wildman–Crippen LogP) is 2.14. The number of esters is 1. The third kappa shape index (κ3) is 4.79. The molecule has 0 radical (unpaired) electrons. The number of carbonyl (C=O) groups is 1. The first-order valence-electron chi connectivity index (χ1n) is 11.2. The molecule has 0 spiro atoms. The van der Waals surface area contributed by atoms with Crippen molar-refractivity contribution in [3.05, 3.63) is 54.6 Å². The maximum Gasteiger partial charge on any atom is 0.348 e. The number of hydrogen-bond donors (Lipinski definition) is 0. The van der Waals surface area contributed by atoms with E-state index in [-0.39, 0.29) is 31.0 Å². The summed E-state index contributed by atoms with van der Waals surface area (Å²) < 4.78 is 10.4. The van der Waals surface area contributed by atoms with Gasteiger partial charge in [0, 0.05) is 0 Å². The lowest BCUT2D eigenvalue weighted by molar-refractivity contribution is -0.634. The zero-order valence-electron chi connectivity index (χ0n) is 18.9. The molecule has 5 heteroatoms. The van der Waals surface area contributed by atoms with E-state index < -0.39 is 0 Å². The Balaban J connectivity index is 0.00000272. The van der Waals surface area contributed by atoms with Gasteiger partial charge in [0.25, 0.3) is 5.82 Å². The van der Waals surface area contributed by atoms with Crippen LogP contribution >= 0.6 is 0 Å². The van der Waals surface area contributed by atoms with Crippen LogP contribution in [-0.4, -0.2) is 16.6 Å². The molecule has 0 aliphatic heterocycles. The van der Waals surface area contributed by atoms with Crippen LogP contribution in [0.3, 0.4) is 0 Å². The molecule has 0 saturated heterocycles. The minimum atomic E-state index is -0.140. The van der Waals surface area contributed by atoms with Crippen LogP contribution in [0.4, 0.5) is 0 Å². The Morgan fingerprint density at radius 1 is 1.10 bits per heavy atom. The van der Waals surface area contributed by atoms with Gasteiger partial charge in [-0.1, -0.05) is 57.5 Å². The van der Waals surface area contributed by atoms with Crippen LogP contribution in [0, 0.1) is 17.8 Å². The number of benzene rings is 2. The zero-order valence-corrected chi connectivity index (χ0v) is 19.7. The standard InChI is InChI=1S/C26H33N2O2.ClH/c1-18(2)21-15-14-19(3)16-24(21)30-25(29)17-28-23-13-9-8-12-22(23)27(4)26(28)20-10-6-5-7-11-20;/h5-13,18-19,21,24H,14-17H2,1-4H3;1H/q+1;/p-1. The molecule has 1 aliphatic rings. The van der Waals surface area contributed by atoms with E-state index in [1.807, 2.05) is 30.3 Å². The van der Waals surface area contributed by atoms with Crippen molar-refractivity contribution in [2.24, 2.45) is 24.8 Å². The molecule has 2 aromatic carbocycles. The molecule has 0 N–H and O–H groups in total. The van der Waals surface area contributed by atoms with Gasteiger partial charge in [-0.2, -0.15) is 0 Å². The predicted molar refractivity (Wildman–Crippen MR) is 120 cm³/mol. The van der Waals surface area contributed by atoms with Crippen LogP contribution in [-0.2, 0) is 23.1 Å². The lowest BCUT2D eigenvalue weighted by Gasteiger charge is -2.36. The van der Waals surface area contributed by atoms with Gasteiger partial charge in [-0.15, -0.1) is 0 Å². The molecule has 4 nitrogen and oxygen atoms in total. The number of fused-ring (bicyclic) bond motifs is 1. The quantitative estimate of drug-likeness (QED) is 0.450. The van der Waals surface area contributed by atoms with Crippen LogP contribution in [0.15, 0.2) is 54.6 Å². The maximum absolute atomic E-state index is 13.1. The first kappa shape index (κ1) is 23.3. The molecule has 1 aliphatic carbocycles. The van der Waals surface area contributed by atoms with E-state index >= 15 is 0 Å². The van der Waals surface area contributed by atoms with Crippen molar-refractivity contribution in [3.63, 3.8) is 0 Å². The average molecular weight is 441 g/mol. The average Bonchev–Trinajstić information content (AvgIpc) is 3.00. The van der Waals surface area contributed by atoms with Crippen LogP contribution < -0.4 is 17.0 Å². The Bertz CT molecular complexity index is 1030.